The molecular formula is C20H24N2O3. The summed E-state index contributed by atoms with van der Waals surface area (Å²) in [4.78, 5) is 18.2. The SMILES string of the molecule is COc1ccccc1C(c1ccncc1C)N1CCCCC1C(=O)O. The summed E-state index contributed by atoms with van der Waals surface area (Å²) in [5, 5.41) is 9.76. The third kappa shape index (κ3) is 3.51. The van der Waals surface area contributed by atoms with Crippen LogP contribution in [0.4, 0.5) is 0 Å². The molecule has 0 radical (unpaired) electrons. The molecule has 0 spiro atoms. The predicted octanol–water partition coefficient (Wildman–Crippen LogP) is 3.43. The van der Waals surface area contributed by atoms with Crippen molar-refractivity contribution in [2.75, 3.05) is 13.7 Å². The number of pyridine rings is 1. The highest BCUT2D eigenvalue weighted by Gasteiger charge is 2.36. The standard InChI is InChI=1S/C20H24N2O3/c1-14-13-21-11-10-15(14)19(16-7-3-4-9-18(16)25-2)22-12-6-5-8-17(22)20(23)24/h3-4,7,9-11,13,17,19H,5-6,8,12H2,1-2H3,(H,23,24). The van der Waals surface area contributed by atoms with E-state index in [0.29, 0.717) is 6.42 Å². The van der Waals surface area contributed by atoms with E-state index in [1.54, 1.807) is 13.3 Å². The number of carboxylic acid groups (broad SMARTS) is 1. The molecule has 2 aromatic rings. The Bertz CT molecular complexity index is 747. The number of rotatable bonds is 5. The van der Waals surface area contributed by atoms with E-state index >= 15 is 0 Å². The van der Waals surface area contributed by atoms with Gasteiger partial charge in [0.2, 0.25) is 0 Å². The fraction of sp³-hybridized carbons (Fsp3) is 0.400. The van der Waals surface area contributed by atoms with E-state index in [2.05, 4.69) is 9.88 Å². The van der Waals surface area contributed by atoms with Crippen LogP contribution >= 0.6 is 0 Å². The average Bonchev–Trinajstić information content (AvgIpc) is 2.64. The number of likely N-dealkylation sites (tertiary alicyclic amines) is 1. The van der Waals surface area contributed by atoms with Crippen LogP contribution in [0.2, 0.25) is 0 Å². The van der Waals surface area contributed by atoms with Gasteiger partial charge in [0.1, 0.15) is 11.8 Å². The van der Waals surface area contributed by atoms with Crippen molar-refractivity contribution >= 4 is 5.97 Å². The highest BCUT2D eigenvalue weighted by Crippen LogP contribution is 2.39. The molecule has 5 heteroatoms. The van der Waals surface area contributed by atoms with Crippen molar-refractivity contribution in [3.05, 3.63) is 59.4 Å². The van der Waals surface area contributed by atoms with Gasteiger partial charge in [0, 0.05) is 18.0 Å². The number of hydrogen-bond acceptors (Lipinski definition) is 4. The number of carbonyl (C=O) groups is 1. The maximum Gasteiger partial charge on any atom is 0.320 e. The molecule has 0 bridgehead atoms. The van der Waals surface area contributed by atoms with Crippen LogP contribution < -0.4 is 4.74 Å². The number of methoxy groups -OCH3 is 1. The van der Waals surface area contributed by atoms with Crippen molar-refractivity contribution in [1.82, 2.24) is 9.88 Å². The van der Waals surface area contributed by atoms with E-state index in [4.69, 9.17) is 4.74 Å². The lowest BCUT2D eigenvalue weighted by Crippen LogP contribution is -2.47. The highest BCUT2D eigenvalue weighted by molar-refractivity contribution is 5.73. The Morgan fingerprint density at radius 1 is 1.28 bits per heavy atom. The largest absolute Gasteiger partial charge is 0.496 e. The molecule has 1 aromatic carbocycles. The molecule has 2 unspecified atom stereocenters. The monoisotopic (exact) mass is 340 g/mol. The molecule has 5 nitrogen and oxygen atoms in total. The quantitative estimate of drug-likeness (QED) is 0.903. The van der Waals surface area contributed by atoms with Gasteiger partial charge in [-0.25, -0.2) is 0 Å². The normalized spacial score (nSPS) is 19.4. The van der Waals surface area contributed by atoms with E-state index in [1.165, 1.54) is 0 Å². The van der Waals surface area contributed by atoms with E-state index in [0.717, 1.165) is 41.8 Å². The minimum Gasteiger partial charge on any atom is -0.496 e. The van der Waals surface area contributed by atoms with Crippen LogP contribution in [0.15, 0.2) is 42.7 Å². The number of ether oxygens (including phenoxy) is 1. The summed E-state index contributed by atoms with van der Waals surface area (Å²) in [6, 6.07) is 9.19. The summed E-state index contributed by atoms with van der Waals surface area (Å²) < 4.78 is 5.58. The van der Waals surface area contributed by atoms with E-state index in [9.17, 15) is 9.90 Å². The van der Waals surface area contributed by atoms with Gasteiger partial charge in [0.25, 0.3) is 0 Å². The first kappa shape index (κ1) is 17.4. The molecule has 1 fully saturated rings. The third-order valence-corrected chi connectivity index (χ3v) is 4.95. The predicted molar refractivity (Wildman–Crippen MR) is 95.8 cm³/mol. The number of para-hydroxylation sites is 1. The van der Waals surface area contributed by atoms with Gasteiger partial charge >= 0.3 is 5.97 Å². The van der Waals surface area contributed by atoms with Crippen molar-refractivity contribution < 1.29 is 14.6 Å². The zero-order valence-electron chi connectivity index (χ0n) is 14.7. The first-order valence-corrected chi connectivity index (χ1v) is 8.65. The van der Waals surface area contributed by atoms with Crippen molar-refractivity contribution in [3.8, 4) is 5.75 Å². The van der Waals surface area contributed by atoms with Gasteiger partial charge in [0.15, 0.2) is 0 Å². The number of aliphatic carboxylic acids is 1. The lowest BCUT2D eigenvalue weighted by molar-refractivity contribution is -0.145. The fourth-order valence-electron chi connectivity index (χ4n) is 3.74. The summed E-state index contributed by atoms with van der Waals surface area (Å²) >= 11 is 0. The molecule has 25 heavy (non-hydrogen) atoms. The topological polar surface area (TPSA) is 62.7 Å². The molecule has 132 valence electrons. The van der Waals surface area contributed by atoms with Crippen LogP contribution in [0.5, 0.6) is 5.75 Å². The lowest BCUT2D eigenvalue weighted by atomic mass is 9.90. The highest BCUT2D eigenvalue weighted by atomic mass is 16.5. The minimum absolute atomic E-state index is 0.166. The summed E-state index contributed by atoms with van der Waals surface area (Å²) in [5.41, 5.74) is 3.12. The van der Waals surface area contributed by atoms with Crippen LogP contribution in [0.1, 0.15) is 42.0 Å². The third-order valence-electron chi connectivity index (χ3n) is 4.95. The van der Waals surface area contributed by atoms with Gasteiger partial charge in [-0.15, -0.1) is 0 Å². The van der Waals surface area contributed by atoms with Gasteiger partial charge in [-0.2, -0.15) is 0 Å². The van der Waals surface area contributed by atoms with Gasteiger partial charge in [-0.1, -0.05) is 24.6 Å². The Morgan fingerprint density at radius 2 is 2.08 bits per heavy atom. The molecule has 2 heterocycles. The van der Waals surface area contributed by atoms with Crippen LogP contribution in [-0.4, -0.2) is 40.7 Å². The van der Waals surface area contributed by atoms with Crippen LogP contribution in [-0.2, 0) is 4.79 Å². The molecular weight excluding hydrogens is 316 g/mol. The molecule has 2 atom stereocenters. The number of hydrogen-bond donors (Lipinski definition) is 1. The Labute approximate surface area is 148 Å². The Hall–Kier alpha value is -2.40. The van der Waals surface area contributed by atoms with E-state index in [1.807, 2.05) is 43.5 Å². The Balaban J connectivity index is 2.15. The van der Waals surface area contributed by atoms with Gasteiger partial charge < -0.3 is 9.84 Å². The van der Waals surface area contributed by atoms with Crippen molar-refractivity contribution in [2.24, 2.45) is 0 Å². The summed E-state index contributed by atoms with van der Waals surface area (Å²) in [5.74, 6) is 0.0183. The number of carboxylic acids is 1. The number of aromatic nitrogens is 1. The average molecular weight is 340 g/mol. The molecule has 1 aromatic heterocycles. The first-order valence-electron chi connectivity index (χ1n) is 8.65. The van der Waals surface area contributed by atoms with Crippen LogP contribution in [0, 0.1) is 6.92 Å². The second kappa shape index (κ2) is 7.66. The summed E-state index contributed by atoms with van der Waals surface area (Å²) in [7, 11) is 1.65. The molecule has 1 saturated heterocycles. The molecule has 0 aliphatic carbocycles. The van der Waals surface area contributed by atoms with Gasteiger partial charge in [-0.05, 0) is 49.6 Å². The zero-order valence-corrected chi connectivity index (χ0v) is 14.7. The molecule has 3 rings (SSSR count). The Kier molecular flexibility index (Phi) is 5.34. The smallest absolute Gasteiger partial charge is 0.320 e. The molecule has 0 amide bonds. The fourth-order valence-corrected chi connectivity index (χ4v) is 3.74. The Morgan fingerprint density at radius 3 is 2.80 bits per heavy atom. The van der Waals surface area contributed by atoms with Gasteiger partial charge in [0.05, 0.1) is 13.2 Å². The van der Waals surface area contributed by atoms with E-state index in [-0.39, 0.29) is 6.04 Å². The number of benzene rings is 1. The van der Waals surface area contributed by atoms with Gasteiger partial charge in [-0.3, -0.25) is 14.7 Å². The minimum atomic E-state index is -0.758. The summed E-state index contributed by atoms with van der Waals surface area (Å²) in [6.45, 7) is 2.77. The van der Waals surface area contributed by atoms with Crippen LogP contribution in [0.25, 0.3) is 0 Å². The number of piperidine rings is 1. The second-order valence-corrected chi connectivity index (χ2v) is 6.46. The van der Waals surface area contributed by atoms with Crippen molar-refractivity contribution in [2.45, 2.75) is 38.3 Å². The van der Waals surface area contributed by atoms with Crippen LogP contribution in [0.3, 0.4) is 0 Å². The molecule has 1 aliphatic rings. The molecule has 1 aliphatic heterocycles. The maximum absolute atomic E-state index is 11.9. The number of nitrogens with zero attached hydrogens (tertiary/aromatic N) is 2. The lowest BCUT2D eigenvalue weighted by Gasteiger charge is -2.40. The van der Waals surface area contributed by atoms with Crippen molar-refractivity contribution in [1.29, 1.82) is 0 Å². The molecule has 1 N–H and O–H groups in total. The maximum atomic E-state index is 11.9. The zero-order chi connectivity index (χ0) is 17.8. The molecule has 0 saturated carbocycles. The van der Waals surface area contributed by atoms with E-state index < -0.39 is 12.0 Å². The summed E-state index contributed by atoms with van der Waals surface area (Å²) in [6.07, 6.45) is 6.22. The first-order chi connectivity index (χ1) is 12.1. The number of aryl methyl sites for hydroxylation is 1. The second-order valence-electron chi connectivity index (χ2n) is 6.46. The van der Waals surface area contributed by atoms with Crippen molar-refractivity contribution in [3.63, 3.8) is 0 Å².